The van der Waals surface area contributed by atoms with Crippen LogP contribution in [-0.4, -0.2) is 52.2 Å². The monoisotopic (exact) mass is 321 g/mol. The van der Waals surface area contributed by atoms with Gasteiger partial charge in [-0.25, -0.2) is 9.55 Å². The third kappa shape index (κ3) is 7.85. The summed E-state index contributed by atoms with van der Waals surface area (Å²) >= 11 is 0. The van der Waals surface area contributed by atoms with Crippen LogP contribution in [0.3, 0.4) is 0 Å². The van der Waals surface area contributed by atoms with Gasteiger partial charge in [0.2, 0.25) is 0 Å². The number of ether oxygens (including phenoxy) is 1. The number of nitrogens with zero attached hydrogens (tertiary/aromatic N) is 4. The van der Waals surface area contributed by atoms with Crippen molar-refractivity contribution in [1.29, 1.82) is 0 Å². The number of morpholine rings is 1. The summed E-state index contributed by atoms with van der Waals surface area (Å²) in [5.74, 6) is 0.0493. The number of phosphoric acid groups is 1. The van der Waals surface area contributed by atoms with Crippen LogP contribution in [0, 0.1) is 10.1 Å². The molecule has 1 saturated heterocycles. The molecular formula is C9H14N4O7P-3. The van der Waals surface area contributed by atoms with Gasteiger partial charge in [0, 0.05) is 19.6 Å². The molecule has 0 spiro atoms. The van der Waals surface area contributed by atoms with Gasteiger partial charge in [0.25, 0.3) is 0 Å². The zero-order chi connectivity index (χ0) is 15.9. The van der Waals surface area contributed by atoms with Crippen LogP contribution in [0.15, 0.2) is 12.5 Å². The fourth-order valence-electron chi connectivity index (χ4n) is 1.71. The SMILES string of the molecule is O=P([O-])([O-])[O-].O=[N+]([O-])c1cncn1CCN1CCOCC1. The van der Waals surface area contributed by atoms with Gasteiger partial charge in [-0.1, -0.05) is 0 Å². The van der Waals surface area contributed by atoms with Crippen LogP contribution in [-0.2, 0) is 15.8 Å². The van der Waals surface area contributed by atoms with Crippen molar-refractivity contribution >= 4 is 13.6 Å². The Labute approximate surface area is 120 Å². The van der Waals surface area contributed by atoms with Crippen LogP contribution >= 0.6 is 7.82 Å². The molecule has 0 aromatic carbocycles. The lowest BCUT2D eigenvalue weighted by Crippen LogP contribution is -2.38. The summed E-state index contributed by atoms with van der Waals surface area (Å²) < 4.78 is 15.3. The van der Waals surface area contributed by atoms with Crippen molar-refractivity contribution in [3.63, 3.8) is 0 Å². The van der Waals surface area contributed by atoms with Gasteiger partial charge in [-0.15, -0.1) is 0 Å². The van der Waals surface area contributed by atoms with Crippen molar-refractivity contribution < 1.29 is 28.9 Å². The summed E-state index contributed by atoms with van der Waals surface area (Å²) in [6, 6.07) is 0. The quantitative estimate of drug-likeness (QED) is 0.326. The van der Waals surface area contributed by atoms with E-state index in [4.69, 9.17) is 24.0 Å². The molecule has 1 aliphatic heterocycles. The lowest BCUT2D eigenvalue weighted by molar-refractivity contribution is -0.432. The number of imidazole rings is 1. The molecule has 0 unspecified atom stereocenters. The van der Waals surface area contributed by atoms with Crippen molar-refractivity contribution in [3.05, 3.63) is 22.6 Å². The zero-order valence-corrected chi connectivity index (χ0v) is 11.9. The van der Waals surface area contributed by atoms with Gasteiger partial charge in [-0.05, 0) is 4.92 Å². The van der Waals surface area contributed by atoms with Crippen molar-refractivity contribution in [1.82, 2.24) is 14.5 Å². The Morgan fingerprint density at radius 1 is 1.29 bits per heavy atom. The summed E-state index contributed by atoms with van der Waals surface area (Å²) in [5, 5.41) is 10.6. The lowest BCUT2D eigenvalue weighted by Gasteiger charge is -2.36. The highest BCUT2D eigenvalue weighted by molar-refractivity contribution is 7.40. The summed E-state index contributed by atoms with van der Waals surface area (Å²) in [7, 11) is -5.39. The Morgan fingerprint density at radius 3 is 2.38 bits per heavy atom. The lowest BCUT2D eigenvalue weighted by atomic mass is 10.4. The van der Waals surface area contributed by atoms with Gasteiger partial charge in [-0.3, -0.25) is 4.90 Å². The van der Waals surface area contributed by atoms with E-state index in [2.05, 4.69) is 9.88 Å². The molecule has 1 aromatic heterocycles. The van der Waals surface area contributed by atoms with E-state index < -0.39 is 12.7 Å². The zero-order valence-electron chi connectivity index (χ0n) is 11.0. The molecule has 0 amide bonds. The third-order valence-corrected chi connectivity index (χ3v) is 2.64. The van der Waals surface area contributed by atoms with Crippen molar-refractivity contribution in [2.75, 3.05) is 32.8 Å². The Bertz CT molecular complexity index is 488. The number of hydrogen-bond donors (Lipinski definition) is 0. The van der Waals surface area contributed by atoms with E-state index in [-0.39, 0.29) is 5.82 Å². The Morgan fingerprint density at radius 2 is 1.86 bits per heavy atom. The molecule has 11 nitrogen and oxygen atoms in total. The second-order valence-electron chi connectivity index (χ2n) is 4.10. The predicted octanol–water partition coefficient (Wildman–Crippen LogP) is -2.70. The molecule has 120 valence electrons. The van der Waals surface area contributed by atoms with Crippen LogP contribution in [0.1, 0.15) is 0 Å². The van der Waals surface area contributed by atoms with E-state index in [1.807, 2.05) is 0 Å². The van der Waals surface area contributed by atoms with E-state index in [1.165, 1.54) is 12.5 Å². The highest BCUT2D eigenvalue weighted by Gasteiger charge is 2.15. The van der Waals surface area contributed by atoms with Crippen LogP contribution in [0.5, 0.6) is 0 Å². The fraction of sp³-hybridized carbons (Fsp3) is 0.667. The van der Waals surface area contributed by atoms with Gasteiger partial charge < -0.3 is 34.1 Å². The summed E-state index contributed by atoms with van der Waals surface area (Å²) in [6.07, 6.45) is 2.78. The van der Waals surface area contributed by atoms with E-state index in [9.17, 15) is 10.1 Å². The van der Waals surface area contributed by atoms with Crippen LogP contribution in [0.25, 0.3) is 0 Å². The molecule has 21 heavy (non-hydrogen) atoms. The van der Waals surface area contributed by atoms with Crippen LogP contribution in [0.4, 0.5) is 5.82 Å². The van der Waals surface area contributed by atoms with Gasteiger partial charge in [0.15, 0.2) is 6.33 Å². The molecule has 0 atom stereocenters. The molecule has 12 heteroatoms. The summed E-state index contributed by atoms with van der Waals surface area (Å²) in [5.41, 5.74) is 0. The fourth-order valence-corrected chi connectivity index (χ4v) is 1.71. The molecule has 2 rings (SSSR count). The van der Waals surface area contributed by atoms with E-state index in [0.717, 1.165) is 32.8 Å². The first-order chi connectivity index (χ1) is 9.77. The van der Waals surface area contributed by atoms with Crippen LogP contribution < -0.4 is 14.7 Å². The Hall–Kier alpha value is -1.36. The number of rotatable bonds is 4. The number of aromatic nitrogens is 2. The van der Waals surface area contributed by atoms with Crippen molar-refractivity contribution in [3.8, 4) is 0 Å². The minimum absolute atomic E-state index is 0.0493. The largest absolute Gasteiger partial charge is 0.822 e. The molecule has 1 aromatic rings. The van der Waals surface area contributed by atoms with Gasteiger partial charge in [-0.2, -0.15) is 7.82 Å². The predicted molar refractivity (Wildman–Crippen MR) is 63.7 cm³/mol. The molecule has 1 aliphatic rings. The maximum absolute atomic E-state index is 10.6. The summed E-state index contributed by atoms with van der Waals surface area (Å²) in [6.45, 7) is 4.65. The topological polar surface area (TPSA) is 160 Å². The van der Waals surface area contributed by atoms with E-state index >= 15 is 0 Å². The molecular weight excluding hydrogens is 307 g/mol. The second-order valence-corrected chi connectivity index (χ2v) is 5.00. The Balaban J connectivity index is 0.000000383. The number of nitro groups is 1. The second kappa shape index (κ2) is 8.17. The Kier molecular flexibility index (Phi) is 6.89. The molecule has 0 aliphatic carbocycles. The first kappa shape index (κ1) is 17.7. The minimum atomic E-state index is -5.39. The highest BCUT2D eigenvalue weighted by Crippen LogP contribution is 2.09. The molecule has 2 heterocycles. The van der Waals surface area contributed by atoms with Crippen molar-refractivity contribution in [2.45, 2.75) is 6.54 Å². The van der Waals surface area contributed by atoms with E-state index in [1.54, 1.807) is 4.57 Å². The third-order valence-electron chi connectivity index (χ3n) is 2.64. The van der Waals surface area contributed by atoms with Crippen molar-refractivity contribution in [2.24, 2.45) is 0 Å². The average Bonchev–Trinajstić information content (AvgIpc) is 2.84. The van der Waals surface area contributed by atoms with Gasteiger partial charge in [0.05, 0.1) is 13.2 Å². The highest BCUT2D eigenvalue weighted by atomic mass is 31.2. The smallest absolute Gasteiger partial charge is 0.342 e. The normalized spacial score (nSPS) is 16.1. The summed E-state index contributed by atoms with van der Waals surface area (Å²) in [4.78, 5) is 41.9. The van der Waals surface area contributed by atoms with Crippen LogP contribution in [0.2, 0.25) is 0 Å². The van der Waals surface area contributed by atoms with Gasteiger partial charge in [0.1, 0.15) is 12.7 Å². The standard InChI is InChI=1S/C9H14N4O3.H3O4P/c14-13(15)9-7-10-8-12(9)2-1-11-3-5-16-6-4-11;1-5(2,3)4/h7-8H,1-6H2;(H3,1,2,3,4)/p-3. The molecule has 0 saturated carbocycles. The maximum atomic E-state index is 10.6. The molecule has 0 N–H and O–H groups in total. The average molecular weight is 321 g/mol. The first-order valence-corrected chi connectivity index (χ1v) is 7.41. The molecule has 0 bridgehead atoms. The van der Waals surface area contributed by atoms with Gasteiger partial charge >= 0.3 is 5.82 Å². The molecule has 0 radical (unpaired) electrons. The first-order valence-electron chi connectivity index (χ1n) is 5.95. The maximum Gasteiger partial charge on any atom is 0.342 e. The van der Waals surface area contributed by atoms with E-state index in [0.29, 0.717) is 6.54 Å². The minimum Gasteiger partial charge on any atom is -0.822 e. The molecule has 1 fully saturated rings. The number of hydrogen-bond acceptors (Lipinski definition) is 9.